The lowest BCUT2D eigenvalue weighted by Gasteiger charge is -2.16. The summed E-state index contributed by atoms with van der Waals surface area (Å²) >= 11 is 0. The first-order valence-electron chi connectivity index (χ1n) is 7.73. The summed E-state index contributed by atoms with van der Waals surface area (Å²) in [5, 5.41) is 7.23. The minimum Gasteiger partial charge on any atom is -0.306 e. The highest BCUT2D eigenvalue weighted by atomic mass is 19.4. The second kappa shape index (κ2) is 6.00. The fourth-order valence-electron chi connectivity index (χ4n) is 3.43. The standard InChI is InChI=1S/C17H20F3N3/c1-11-5-12(2)16-14(6-11)3-4-15(16)21-7-13-8-22-23(9-13)10-17(18,19)20/h5-6,8-9,15,21H,3-4,7,10H2,1-2H3. The number of nitrogens with one attached hydrogen (secondary N) is 1. The zero-order valence-corrected chi connectivity index (χ0v) is 13.2. The molecule has 1 N–H and O–H groups in total. The number of rotatable bonds is 4. The van der Waals surface area contributed by atoms with Crippen molar-refractivity contribution in [3.8, 4) is 0 Å². The Morgan fingerprint density at radius 2 is 2.09 bits per heavy atom. The Balaban J connectivity index is 1.65. The van der Waals surface area contributed by atoms with Crippen molar-refractivity contribution in [2.24, 2.45) is 0 Å². The lowest BCUT2D eigenvalue weighted by atomic mass is 9.99. The van der Waals surface area contributed by atoms with Gasteiger partial charge in [-0.2, -0.15) is 18.3 Å². The smallest absolute Gasteiger partial charge is 0.306 e. The molecule has 1 heterocycles. The van der Waals surface area contributed by atoms with E-state index in [0.29, 0.717) is 6.54 Å². The van der Waals surface area contributed by atoms with Gasteiger partial charge < -0.3 is 5.32 Å². The van der Waals surface area contributed by atoms with E-state index in [1.54, 1.807) is 0 Å². The van der Waals surface area contributed by atoms with E-state index in [0.717, 1.165) is 23.1 Å². The molecule has 1 unspecified atom stereocenters. The third kappa shape index (κ3) is 3.75. The molecule has 0 bridgehead atoms. The molecule has 0 saturated heterocycles. The normalized spacial score (nSPS) is 17.5. The van der Waals surface area contributed by atoms with Crippen molar-refractivity contribution < 1.29 is 13.2 Å². The minimum atomic E-state index is -4.24. The van der Waals surface area contributed by atoms with Crippen LogP contribution in [0.1, 0.15) is 40.3 Å². The Morgan fingerprint density at radius 1 is 1.30 bits per heavy atom. The summed E-state index contributed by atoms with van der Waals surface area (Å²) in [7, 11) is 0. The van der Waals surface area contributed by atoms with Crippen molar-refractivity contribution in [2.75, 3.05) is 0 Å². The van der Waals surface area contributed by atoms with Crippen LogP contribution in [0.5, 0.6) is 0 Å². The van der Waals surface area contributed by atoms with Gasteiger partial charge in [-0.1, -0.05) is 17.7 Å². The van der Waals surface area contributed by atoms with Crippen LogP contribution in [0.15, 0.2) is 24.5 Å². The number of hydrogen-bond acceptors (Lipinski definition) is 2. The number of aromatic nitrogens is 2. The van der Waals surface area contributed by atoms with Gasteiger partial charge >= 0.3 is 6.18 Å². The average Bonchev–Trinajstić information content (AvgIpc) is 3.01. The molecule has 6 heteroatoms. The minimum absolute atomic E-state index is 0.261. The van der Waals surface area contributed by atoms with E-state index >= 15 is 0 Å². The topological polar surface area (TPSA) is 29.9 Å². The van der Waals surface area contributed by atoms with E-state index < -0.39 is 12.7 Å². The average molecular weight is 323 g/mol. The summed E-state index contributed by atoms with van der Waals surface area (Å²) < 4.78 is 38.0. The Labute approximate surface area is 133 Å². The molecule has 0 spiro atoms. The Morgan fingerprint density at radius 3 is 2.83 bits per heavy atom. The van der Waals surface area contributed by atoms with Crippen LogP contribution >= 0.6 is 0 Å². The monoisotopic (exact) mass is 323 g/mol. The van der Waals surface area contributed by atoms with Crippen LogP contribution in [0.4, 0.5) is 13.2 Å². The molecule has 1 aliphatic rings. The Kier molecular flexibility index (Phi) is 4.19. The summed E-state index contributed by atoms with van der Waals surface area (Å²) in [6.07, 6.45) is 0.782. The molecule has 2 aromatic rings. The van der Waals surface area contributed by atoms with Crippen molar-refractivity contribution in [1.82, 2.24) is 15.1 Å². The molecule has 124 valence electrons. The van der Waals surface area contributed by atoms with E-state index in [9.17, 15) is 13.2 Å². The molecule has 0 saturated carbocycles. The molecule has 0 fully saturated rings. The van der Waals surface area contributed by atoms with Crippen LogP contribution < -0.4 is 5.32 Å². The van der Waals surface area contributed by atoms with Crippen molar-refractivity contribution in [3.05, 3.63) is 52.3 Å². The summed E-state index contributed by atoms with van der Waals surface area (Å²) in [6.45, 7) is 3.70. The van der Waals surface area contributed by atoms with Gasteiger partial charge in [0.25, 0.3) is 0 Å². The van der Waals surface area contributed by atoms with Crippen LogP contribution in [0.2, 0.25) is 0 Å². The van der Waals surface area contributed by atoms with E-state index in [1.807, 2.05) is 0 Å². The number of halogens is 3. The summed E-state index contributed by atoms with van der Waals surface area (Å²) in [6, 6.07) is 4.67. The summed E-state index contributed by atoms with van der Waals surface area (Å²) in [4.78, 5) is 0. The molecule has 1 aromatic carbocycles. The Hall–Kier alpha value is -1.82. The maximum atomic E-state index is 12.3. The highest BCUT2D eigenvalue weighted by molar-refractivity contribution is 5.43. The number of aryl methyl sites for hydroxylation is 3. The lowest BCUT2D eigenvalue weighted by molar-refractivity contribution is -0.142. The molecule has 1 aromatic heterocycles. The van der Waals surface area contributed by atoms with E-state index in [4.69, 9.17) is 0 Å². The third-order valence-corrected chi connectivity index (χ3v) is 4.25. The second-order valence-corrected chi connectivity index (χ2v) is 6.29. The molecule has 3 rings (SSSR count). The van der Waals surface area contributed by atoms with Crippen LogP contribution in [-0.2, 0) is 19.5 Å². The van der Waals surface area contributed by atoms with Crippen molar-refractivity contribution >= 4 is 0 Å². The largest absolute Gasteiger partial charge is 0.408 e. The SMILES string of the molecule is Cc1cc(C)c2c(c1)CCC2NCc1cnn(CC(F)(F)F)c1. The highest BCUT2D eigenvalue weighted by Gasteiger charge is 2.28. The van der Waals surface area contributed by atoms with Crippen LogP contribution in [-0.4, -0.2) is 16.0 Å². The molecule has 0 amide bonds. The van der Waals surface area contributed by atoms with Crippen molar-refractivity contribution in [1.29, 1.82) is 0 Å². The number of benzene rings is 1. The first-order chi connectivity index (χ1) is 10.8. The molecule has 0 aliphatic heterocycles. The first-order valence-corrected chi connectivity index (χ1v) is 7.73. The fraction of sp³-hybridized carbons (Fsp3) is 0.471. The van der Waals surface area contributed by atoms with Crippen molar-refractivity contribution in [2.45, 2.75) is 52.0 Å². The van der Waals surface area contributed by atoms with Gasteiger partial charge in [-0.3, -0.25) is 4.68 Å². The fourth-order valence-corrected chi connectivity index (χ4v) is 3.43. The zero-order valence-electron chi connectivity index (χ0n) is 13.2. The van der Waals surface area contributed by atoms with E-state index in [1.165, 1.54) is 34.6 Å². The van der Waals surface area contributed by atoms with Crippen LogP contribution in [0, 0.1) is 13.8 Å². The number of hydrogen-bond donors (Lipinski definition) is 1. The first kappa shape index (κ1) is 16.1. The quantitative estimate of drug-likeness (QED) is 0.926. The molecule has 23 heavy (non-hydrogen) atoms. The molecular weight excluding hydrogens is 303 g/mol. The van der Waals surface area contributed by atoms with Gasteiger partial charge in [0, 0.05) is 24.3 Å². The third-order valence-electron chi connectivity index (χ3n) is 4.25. The van der Waals surface area contributed by atoms with Gasteiger partial charge in [0.15, 0.2) is 0 Å². The number of alkyl halides is 3. The second-order valence-electron chi connectivity index (χ2n) is 6.29. The number of nitrogens with zero attached hydrogens (tertiary/aromatic N) is 2. The van der Waals surface area contributed by atoms with Crippen LogP contribution in [0.3, 0.4) is 0 Å². The van der Waals surface area contributed by atoms with Crippen LogP contribution in [0.25, 0.3) is 0 Å². The molecule has 1 aliphatic carbocycles. The predicted octanol–water partition coefficient (Wildman–Crippen LogP) is 3.84. The maximum Gasteiger partial charge on any atom is 0.408 e. The summed E-state index contributed by atoms with van der Waals surface area (Å²) in [5.74, 6) is 0. The predicted molar refractivity (Wildman–Crippen MR) is 82.1 cm³/mol. The molecular formula is C17H20F3N3. The Bertz CT molecular complexity index is 704. The molecule has 0 radical (unpaired) electrons. The van der Waals surface area contributed by atoms with Gasteiger partial charge in [0.2, 0.25) is 0 Å². The van der Waals surface area contributed by atoms with Gasteiger partial charge in [0.05, 0.1) is 6.20 Å². The van der Waals surface area contributed by atoms with E-state index in [-0.39, 0.29) is 6.04 Å². The lowest BCUT2D eigenvalue weighted by Crippen LogP contribution is -2.19. The van der Waals surface area contributed by atoms with Gasteiger partial charge in [0.1, 0.15) is 6.54 Å². The zero-order chi connectivity index (χ0) is 16.6. The van der Waals surface area contributed by atoms with Crippen molar-refractivity contribution in [3.63, 3.8) is 0 Å². The number of fused-ring (bicyclic) bond motifs is 1. The van der Waals surface area contributed by atoms with Gasteiger partial charge in [-0.25, -0.2) is 0 Å². The highest BCUT2D eigenvalue weighted by Crippen LogP contribution is 2.34. The molecule has 3 nitrogen and oxygen atoms in total. The van der Waals surface area contributed by atoms with Gasteiger partial charge in [-0.05, 0) is 43.4 Å². The molecule has 1 atom stereocenters. The van der Waals surface area contributed by atoms with Gasteiger partial charge in [-0.15, -0.1) is 0 Å². The summed E-state index contributed by atoms with van der Waals surface area (Å²) in [5.41, 5.74) is 6.05. The maximum absolute atomic E-state index is 12.3. The van der Waals surface area contributed by atoms with E-state index in [2.05, 4.69) is 36.4 Å².